The van der Waals surface area contributed by atoms with Crippen molar-refractivity contribution in [1.29, 1.82) is 0 Å². The smallest absolute Gasteiger partial charge is 0.311 e. The number of amides is 2. The van der Waals surface area contributed by atoms with E-state index in [4.69, 9.17) is 14.2 Å². The van der Waals surface area contributed by atoms with Gasteiger partial charge in [0.2, 0.25) is 5.91 Å². The third-order valence-electron chi connectivity index (χ3n) is 5.05. The van der Waals surface area contributed by atoms with Gasteiger partial charge < -0.3 is 24.0 Å². The Morgan fingerprint density at radius 1 is 1.17 bits per heavy atom. The summed E-state index contributed by atoms with van der Waals surface area (Å²) in [5.41, 5.74) is 0.407. The van der Waals surface area contributed by atoms with Crippen LogP contribution in [0.25, 0.3) is 0 Å². The van der Waals surface area contributed by atoms with Crippen LogP contribution in [0.1, 0.15) is 34.1 Å². The van der Waals surface area contributed by atoms with E-state index in [1.54, 1.807) is 32.7 Å². The van der Waals surface area contributed by atoms with Crippen molar-refractivity contribution in [3.05, 3.63) is 23.8 Å². The second-order valence-electron chi connectivity index (χ2n) is 8.61. The summed E-state index contributed by atoms with van der Waals surface area (Å²) in [5.74, 6) is -1.06. The first-order valence-electron chi connectivity index (χ1n) is 9.78. The molecule has 0 saturated carbocycles. The molecular weight excluding hydrogens is 376 g/mol. The maximum Gasteiger partial charge on any atom is 0.311 e. The van der Waals surface area contributed by atoms with Gasteiger partial charge in [0.25, 0.3) is 5.91 Å². The average molecular weight is 408 g/mol. The minimum atomic E-state index is -0.678. The monoisotopic (exact) mass is 408 g/mol. The highest BCUT2D eigenvalue weighted by atomic mass is 16.7. The van der Waals surface area contributed by atoms with Gasteiger partial charge in [-0.25, -0.2) is 0 Å². The number of nitrogens with zero attached hydrogens (tertiary/aromatic N) is 2. The van der Waals surface area contributed by atoms with Crippen molar-refractivity contribution in [2.24, 2.45) is 5.41 Å². The molecule has 1 aliphatic carbocycles. The summed E-state index contributed by atoms with van der Waals surface area (Å²) in [6, 6.07) is -0.0560. The lowest BCUT2D eigenvalue weighted by Gasteiger charge is -2.28. The van der Waals surface area contributed by atoms with E-state index in [2.05, 4.69) is 0 Å². The molecule has 2 aliphatic rings. The van der Waals surface area contributed by atoms with Gasteiger partial charge in [0.1, 0.15) is 19.0 Å². The minimum Gasteiger partial charge on any atom is -0.455 e. The maximum atomic E-state index is 12.6. The van der Waals surface area contributed by atoms with Crippen molar-refractivity contribution in [1.82, 2.24) is 9.80 Å². The van der Waals surface area contributed by atoms with Gasteiger partial charge in [0, 0.05) is 20.1 Å². The highest BCUT2D eigenvalue weighted by Gasteiger charge is 2.29. The fraction of sp³-hybridized carbons (Fsp3) is 0.667. The Bertz CT molecular complexity index is 694. The predicted octanol–water partition coefficient (Wildman–Crippen LogP) is 1.51. The van der Waals surface area contributed by atoms with E-state index in [-0.39, 0.29) is 37.3 Å². The molecule has 0 radical (unpaired) electrons. The largest absolute Gasteiger partial charge is 0.455 e. The first-order valence-corrected chi connectivity index (χ1v) is 9.78. The number of allylic oxidation sites excluding steroid dienone is 1. The van der Waals surface area contributed by atoms with Crippen molar-refractivity contribution < 1.29 is 28.6 Å². The molecule has 3 atom stereocenters. The fourth-order valence-corrected chi connectivity index (χ4v) is 2.90. The second kappa shape index (κ2) is 9.54. The number of fused-ring (bicyclic) bond motifs is 1. The van der Waals surface area contributed by atoms with E-state index in [1.165, 1.54) is 11.9 Å². The predicted molar refractivity (Wildman–Crippen MR) is 107 cm³/mol. The highest BCUT2D eigenvalue weighted by molar-refractivity contribution is 5.86. The minimum absolute atomic E-state index is 0.0273. The Balaban J connectivity index is 1.80. The second-order valence-corrected chi connectivity index (χ2v) is 8.61. The van der Waals surface area contributed by atoms with Gasteiger partial charge in [-0.2, -0.15) is 0 Å². The van der Waals surface area contributed by atoms with E-state index in [1.807, 2.05) is 25.2 Å². The van der Waals surface area contributed by atoms with E-state index < -0.39 is 17.3 Å². The van der Waals surface area contributed by atoms with E-state index >= 15 is 0 Å². The third kappa shape index (κ3) is 6.40. The molecule has 1 heterocycles. The van der Waals surface area contributed by atoms with Crippen LogP contribution < -0.4 is 0 Å². The average Bonchev–Trinajstić information content (AvgIpc) is 3.11. The lowest BCUT2D eigenvalue weighted by Crippen LogP contribution is -2.44. The summed E-state index contributed by atoms with van der Waals surface area (Å²) in [7, 11) is 3.24. The van der Waals surface area contributed by atoms with E-state index in [0.29, 0.717) is 13.2 Å². The first-order chi connectivity index (χ1) is 13.5. The van der Waals surface area contributed by atoms with Gasteiger partial charge in [0.05, 0.1) is 12.0 Å². The highest BCUT2D eigenvalue weighted by Crippen LogP contribution is 2.25. The topological polar surface area (TPSA) is 85.4 Å². The number of ether oxygens (including phenoxy) is 3. The van der Waals surface area contributed by atoms with Crippen LogP contribution in [0.2, 0.25) is 0 Å². The Morgan fingerprint density at radius 2 is 1.83 bits per heavy atom. The summed E-state index contributed by atoms with van der Waals surface area (Å²) in [6.45, 7) is 6.94. The van der Waals surface area contributed by atoms with E-state index in [9.17, 15) is 14.4 Å². The van der Waals surface area contributed by atoms with Crippen LogP contribution >= 0.6 is 0 Å². The van der Waals surface area contributed by atoms with Gasteiger partial charge in [-0.05, 0) is 45.8 Å². The molecule has 2 amide bonds. The Morgan fingerprint density at radius 3 is 2.48 bits per heavy atom. The number of hydrogen-bond acceptors (Lipinski definition) is 6. The van der Waals surface area contributed by atoms with Gasteiger partial charge in [0.15, 0.2) is 6.61 Å². The molecule has 0 bridgehead atoms. The molecule has 1 saturated heterocycles. The number of carbonyl (C=O) groups is 3. The Hall–Kier alpha value is -2.19. The number of carbonyl (C=O) groups excluding carboxylic acids is 3. The first kappa shape index (κ1) is 23.1. The molecule has 1 fully saturated rings. The molecule has 0 aromatic rings. The summed E-state index contributed by atoms with van der Waals surface area (Å²) in [5, 5.41) is 0. The zero-order chi connectivity index (χ0) is 21.8. The summed E-state index contributed by atoms with van der Waals surface area (Å²) >= 11 is 0. The van der Waals surface area contributed by atoms with Crippen molar-refractivity contribution in [3.63, 3.8) is 0 Å². The number of likely N-dealkylation sites (N-methyl/N-ethyl adjacent to an activating group) is 2. The lowest BCUT2D eigenvalue weighted by atomic mass is 9.97. The van der Waals surface area contributed by atoms with Crippen molar-refractivity contribution >= 4 is 17.8 Å². The zero-order valence-electron chi connectivity index (χ0n) is 18.1. The van der Waals surface area contributed by atoms with Crippen LogP contribution in [0.3, 0.4) is 0 Å². The standard InChI is InChI=1S/C21H32N2O6/c1-14(9-15-7-8-16-17(10-15)29-13-28-16)23(6)18(24)11-22(5)19(25)12-27-20(26)21(2,3)4/h7-8,10,14,16-17H,9,11-13H2,1-6H3. The van der Waals surface area contributed by atoms with Crippen molar-refractivity contribution in [2.75, 3.05) is 34.0 Å². The molecule has 0 N–H and O–H groups in total. The molecule has 0 spiro atoms. The molecule has 8 nitrogen and oxygen atoms in total. The SMILES string of the molecule is CC(CC1=CC2OCOC2C=C1)N(C)C(=O)CN(C)C(=O)COC(=O)C(C)(C)C. The van der Waals surface area contributed by atoms with Crippen LogP contribution in [-0.4, -0.2) is 79.9 Å². The summed E-state index contributed by atoms with van der Waals surface area (Å²) in [4.78, 5) is 39.4. The van der Waals surface area contributed by atoms with Gasteiger partial charge in [-0.3, -0.25) is 14.4 Å². The molecule has 3 unspecified atom stereocenters. The molecule has 0 aromatic carbocycles. The molecule has 8 heteroatoms. The Kier molecular flexibility index (Phi) is 7.60. The van der Waals surface area contributed by atoms with Crippen LogP contribution in [-0.2, 0) is 28.6 Å². The van der Waals surface area contributed by atoms with Gasteiger partial charge in [-0.1, -0.05) is 12.2 Å². The zero-order valence-corrected chi connectivity index (χ0v) is 18.1. The van der Waals surface area contributed by atoms with E-state index in [0.717, 1.165) is 5.57 Å². The maximum absolute atomic E-state index is 12.6. The third-order valence-corrected chi connectivity index (χ3v) is 5.05. The van der Waals surface area contributed by atoms with Gasteiger partial charge in [-0.15, -0.1) is 0 Å². The van der Waals surface area contributed by atoms with Crippen LogP contribution in [0.4, 0.5) is 0 Å². The Labute approximate surface area is 172 Å². The molecular formula is C21H32N2O6. The molecule has 29 heavy (non-hydrogen) atoms. The normalized spacial score (nSPS) is 21.8. The quantitative estimate of drug-likeness (QED) is 0.594. The molecule has 0 aromatic heterocycles. The molecule has 162 valence electrons. The summed E-state index contributed by atoms with van der Waals surface area (Å²) in [6.07, 6.45) is 6.59. The number of hydrogen-bond donors (Lipinski definition) is 0. The van der Waals surface area contributed by atoms with Crippen LogP contribution in [0.15, 0.2) is 23.8 Å². The fourth-order valence-electron chi connectivity index (χ4n) is 2.90. The summed E-state index contributed by atoms with van der Waals surface area (Å²) < 4.78 is 16.0. The van der Waals surface area contributed by atoms with Crippen molar-refractivity contribution in [3.8, 4) is 0 Å². The number of esters is 1. The molecule has 2 rings (SSSR count). The molecule has 1 aliphatic heterocycles. The van der Waals surface area contributed by atoms with Crippen LogP contribution in [0.5, 0.6) is 0 Å². The van der Waals surface area contributed by atoms with Gasteiger partial charge >= 0.3 is 5.97 Å². The van der Waals surface area contributed by atoms with Crippen molar-refractivity contribution in [2.45, 2.75) is 52.4 Å². The lowest BCUT2D eigenvalue weighted by molar-refractivity contribution is -0.159. The number of rotatable bonds is 7. The van der Waals surface area contributed by atoms with Crippen LogP contribution in [0, 0.1) is 5.41 Å².